The van der Waals surface area contributed by atoms with Gasteiger partial charge in [-0.25, -0.2) is 0 Å². The van der Waals surface area contributed by atoms with Gasteiger partial charge in [0.15, 0.2) is 0 Å². The van der Waals surface area contributed by atoms with Crippen LogP contribution in [0.2, 0.25) is 0 Å². The Kier molecular flexibility index (Phi) is 5.29. The average molecular weight is 214 g/mol. The molecule has 3 N–H and O–H groups in total. The lowest BCUT2D eigenvalue weighted by molar-refractivity contribution is -0.126. The molecule has 15 heavy (non-hydrogen) atoms. The van der Waals surface area contributed by atoms with Crippen molar-refractivity contribution in [1.29, 1.82) is 0 Å². The topological polar surface area (TPSA) is 55.1 Å². The molecule has 1 atom stereocenters. The van der Waals surface area contributed by atoms with E-state index in [-0.39, 0.29) is 11.3 Å². The Morgan fingerprint density at radius 2 is 1.80 bits per heavy atom. The molecule has 0 aliphatic heterocycles. The second-order valence-corrected chi connectivity index (χ2v) is 5.37. The molecular formula is C12H26N2O. The van der Waals surface area contributed by atoms with Crippen LogP contribution in [0.3, 0.4) is 0 Å². The molecule has 0 rings (SSSR count). The first-order valence-electron chi connectivity index (χ1n) is 5.82. The minimum Gasteiger partial charge on any atom is -0.354 e. The molecule has 0 aliphatic rings. The predicted molar refractivity (Wildman–Crippen MR) is 64.6 cm³/mol. The highest BCUT2D eigenvalue weighted by Crippen LogP contribution is 2.18. The van der Waals surface area contributed by atoms with Gasteiger partial charge in [-0.2, -0.15) is 0 Å². The zero-order valence-corrected chi connectivity index (χ0v) is 10.8. The molecule has 1 amide bonds. The van der Waals surface area contributed by atoms with Gasteiger partial charge in [-0.3, -0.25) is 4.79 Å². The van der Waals surface area contributed by atoms with Crippen LogP contribution in [-0.4, -0.2) is 18.0 Å². The van der Waals surface area contributed by atoms with Gasteiger partial charge >= 0.3 is 0 Å². The number of nitrogens with two attached hydrogens (primary N) is 1. The summed E-state index contributed by atoms with van der Waals surface area (Å²) in [5.74, 6) is -0.0362. The molecule has 0 saturated heterocycles. The van der Waals surface area contributed by atoms with Gasteiger partial charge in [0, 0.05) is 6.54 Å². The van der Waals surface area contributed by atoms with Crippen LogP contribution in [0.1, 0.15) is 53.9 Å². The van der Waals surface area contributed by atoms with Crippen LogP contribution in [0.5, 0.6) is 0 Å². The first-order valence-corrected chi connectivity index (χ1v) is 5.82. The van der Waals surface area contributed by atoms with E-state index in [9.17, 15) is 4.79 Å². The Balaban J connectivity index is 4.14. The van der Waals surface area contributed by atoms with E-state index in [0.29, 0.717) is 6.54 Å². The van der Waals surface area contributed by atoms with Gasteiger partial charge in [0.2, 0.25) is 5.91 Å². The van der Waals surface area contributed by atoms with Crippen molar-refractivity contribution in [2.75, 3.05) is 6.54 Å². The van der Waals surface area contributed by atoms with Crippen molar-refractivity contribution in [3.8, 4) is 0 Å². The molecule has 0 saturated carbocycles. The van der Waals surface area contributed by atoms with Crippen molar-refractivity contribution in [2.45, 2.75) is 59.4 Å². The zero-order valence-electron chi connectivity index (χ0n) is 10.8. The minimum absolute atomic E-state index is 0.0362. The third-order valence-corrected chi connectivity index (χ3v) is 2.97. The Labute approximate surface area is 93.8 Å². The van der Waals surface area contributed by atoms with E-state index >= 15 is 0 Å². The molecule has 90 valence electrons. The number of rotatable bonds is 6. The third-order valence-electron chi connectivity index (χ3n) is 2.97. The second-order valence-electron chi connectivity index (χ2n) is 5.37. The van der Waals surface area contributed by atoms with Crippen molar-refractivity contribution >= 4 is 5.91 Å². The van der Waals surface area contributed by atoms with Gasteiger partial charge < -0.3 is 11.1 Å². The van der Waals surface area contributed by atoms with Gasteiger partial charge in [0.1, 0.15) is 0 Å². The number of amides is 1. The van der Waals surface area contributed by atoms with Gasteiger partial charge in [-0.05, 0) is 25.2 Å². The third kappa shape index (κ3) is 5.17. The summed E-state index contributed by atoms with van der Waals surface area (Å²) in [6, 6.07) is 0. The molecule has 3 heteroatoms. The lowest BCUT2D eigenvalue weighted by atomic mass is 9.89. The fraction of sp³-hybridized carbons (Fsp3) is 0.917. The number of hydrogen-bond donors (Lipinski definition) is 2. The predicted octanol–water partition coefficient (Wildman–Crippen LogP) is 2.06. The molecule has 0 aliphatic carbocycles. The smallest absolute Gasteiger partial charge is 0.239 e. The van der Waals surface area contributed by atoms with Gasteiger partial charge in [0.25, 0.3) is 0 Å². The van der Waals surface area contributed by atoms with Crippen molar-refractivity contribution in [2.24, 2.45) is 11.1 Å². The summed E-state index contributed by atoms with van der Waals surface area (Å²) >= 11 is 0. The SMILES string of the molecule is CCCC(C)(N)C(=O)NCC(C)(C)CC. The second kappa shape index (κ2) is 5.50. The maximum atomic E-state index is 11.8. The molecule has 0 spiro atoms. The zero-order chi connectivity index (χ0) is 12.1. The summed E-state index contributed by atoms with van der Waals surface area (Å²) < 4.78 is 0. The largest absolute Gasteiger partial charge is 0.354 e. The first-order chi connectivity index (χ1) is 6.75. The molecule has 1 unspecified atom stereocenters. The van der Waals surface area contributed by atoms with Crippen LogP contribution in [-0.2, 0) is 4.79 Å². The van der Waals surface area contributed by atoms with Gasteiger partial charge in [0.05, 0.1) is 5.54 Å². The van der Waals surface area contributed by atoms with E-state index in [1.807, 2.05) is 6.92 Å². The number of nitrogens with one attached hydrogen (secondary N) is 1. The standard InChI is InChI=1S/C12H26N2O/c1-6-8-12(5,13)10(15)14-9-11(3,4)7-2/h6-9,13H2,1-5H3,(H,14,15). The van der Waals surface area contributed by atoms with Crippen LogP contribution in [0.25, 0.3) is 0 Å². The van der Waals surface area contributed by atoms with Crippen molar-refractivity contribution in [3.63, 3.8) is 0 Å². The Hall–Kier alpha value is -0.570. The molecule has 0 bridgehead atoms. The fourth-order valence-electron chi connectivity index (χ4n) is 1.28. The molecule has 0 aromatic heterocycles. The van der Waals surface area contributed by atoms with E-state index in [1.165, 1.54) is 0 Å². The normalized spacial score (nSPS) is 15.9. The van der Waals surface area contributed by atoms with Gasteiger partial charge in [-0.15, -0.1) is 0 Å². The summed E-state index contributed by atoms with van der Waals surface area (Å²) in [5, 5.41) is 2.94. The lowest BCUT2D eigenvalue weighted by Crippen LogP contribution is -2.53. The Bertz CT molecular complexity index is 210. The number of carbonyl (C=O) groups is 1. The lowest BCUT2D eigenvalue weighted by Gasteiger charge is -2.27. The summed E-state index contributed by atoms with van der Waals surface area (Å²) in [6.07, 6.45) is 2.70. The minimum atomic E-state index is -0.724. The van der Waals surface area contributed by atoms with Crippen LogP contribution < -0.4 is 11.1 Å². The molecule has 0 aromatic carbocycles. The van der Waals surface area contributed by atoms with E-state index in [0.717, 1.165) is 19.3 Å². The van der Waals surface area contributed by atoms with Crippen LogP contribution >= 0.6 is 0 Å². The molecule has 0 radical (unpaired) electrons. The van der Waals surface area contributed by atoms with Crippen LogP contribution in [0.4, 0.5) is 0 Å². The maximum Gasteiger partial charge on any atom is 0.239 e. The van der Waals surface area contributed by atoms with Crippen LogP contribution in [0, 0.1) is 5.41 Å². The first kappa shape index (κ1) is 14.4. The Morgan fingerprint density at radius 3 is 2.20 bits per heavy atom. The maximum absolute atomic E-state index is 11.8. The average Bonchev–Trinajstić information content (AvgIpc) is 2.14. The monoisotopic (exact) mass is 214 g/mol. The summed E-state index contributed by atoms with van der Waals surface area (Å²) in [6.45, 7) is 10.9. The molecule has 0 aromatic rings. The number of carbonyl (C=O) groups excluding carboxylic acids is 1. The molecule has 3 nitrogen and oxygen atoms in total. The van der Waals surface area contributed by atoms with Crippen molar-refractivity contribution in [1.82, 2.24) is 5.32 Å². The summed E-state index contributed by atoms with van der Waals surface area (Å²) in [5.41, 5.74) is 5.36. The van der Waals surface area contributed by atoms with E-state index < -0.39 is 5.54 Å². The molecule has 0 heterocycles. The van der Waals surface area contributed by atoms with E-state index in [1.54, 1.807) is 6.92 Å². The summed E-state index contributed by atoms with van der Waals surface area (Å²) in [7, 11) is 0. The quantitative estimate of drug-likeness (QED) is 0.711. The summed E-state index contributed by atoms with van der Waals surface area (Å²) in [4.78, 5) is 11.8. The fourth-order valence-corrected chi connectivity index (χ4v) is 1.28. The highest BCUT2D eigenvalue weighted by atomic mass is 16.2. The highest BCUT2D eigenvalue weighted by Gasteiger charge is 2.28. The van der Waals surface area contributed by atoms with Crippen molar-refractivity contribution in [3.05, 3.63) is 0 Å². The highest BCUT2D eigenvalue weighted by molar-refractivity contribution is 5.85. The number of hydrogen-bond acceptors (Lipinski definition) is 2. The molecular weight excluding hydrogens is 188 g/mol. The molecule has 0 fully saturated rings. The van der Waals surface area contributed by atoms with E-state index in [4.69, 9.17) is 5.73 Å². The van der Waals surface area contributed by atoms with Crippen LogP contribution in [0.15, 0.2) is 0 Å². The van der Waals surface area contributed by atoms with Crippen molar-refractivity contribution < 1.29 is 4.79 Å². The van der Waals surface area contributed by atoms with E-state index in [2.05, 4.69) is 26.1 Å². The van der Waals surface area contributed by atoms with Gasteiger partial charge in [-0.1, -0.05) is 34.1 Å². The Morgan fingerprint density at radius 1 is 1.27 bits per heavy atom.